The quantitative estimate of drug-likeness (QED) is 0.506. The number of carbonyl (C=O) groups is 1. The Kier molecular flexibility index (Phi) is 1.11. The summed E-state index contributed by atoms with van der Waals surface area (Å²) >= 11 is 1.62. The fraction of sp³-hybridized carbons (Fsp3) is 0.750. The van der Waals surface area contributed by atoms with Gasteiger partial charge in [0.2, 0.25) is 3.79 Å². The molecule has 0 saturated heterocycles. The molecule has 0 amide bonds. The van der Waals surface area contributed by atoms with Gasteiger partial charge in [0.25, 0.3) is 0 Å². The van der Waals surface area contributed by atoms with Crippen LogP contribution in [0.15, 0.2) is 0 Å². The summed E-state index contributed by atoms with van der Waals surface area (Å²) in [5.41, 5.74) is -0.902. The maximum Gasteiger partial charge on any atom is 0.223 e. The summed E-state index contributed by atoms with van der Waals surface area (Å²) in [5, 5.41) is 8.85. The Bertz CT molecular complexity index is 106. The van der Waals surface area contributed by atoms with Gasteiger partial charge < -0.3 is 5.11 Å². The lowest BCUT2D eigenvalue weighted by atomic mass is 10.4. The second kappa shape index (κ2) is 1.42. The molecule has 0 aliphatic heterocycles. The molecule has 1 aliphatic rings. The molecule has 1 fully saturated rings. The van der Waals surface area contributed by atoms with Gasteiger partial charge in [0.05, 0.1) is 0 Å². The lowest BCUT2D eigenvalue weighted by molar-refractivity contribution is -0.118. The molecule has 0 aromatic rings. The summed E-state index contributed by atoms with van der Waals surface area (Å²) in [6, 6.07) is 0. The highest BCUT2D eigenvalue weighted by molar-refractivity contribution is 14.1. The summed E-state index contributed by atoms with van der Waals surface area (Å²) in [7, 11) is 0. The zero-order valence-electron chi connectivity index (χ0n) is 3.65. The molecule has 2 nitrogen and oxygen atoms in total. The van der Waals surface area contributed by atoms with E-state index in [4.69, 9.17) is 5.11 Å². The van der Waals surface area contributed by atoms with Gasteiger partial charge in [0, 0.05) is 22.6 Å². The van der Waals surface area contributed by atoms with Gasteiger partial charge in [0.15, 0.2) is 0 Å². The van der Waals surface area contributed by atoms with Gasteiger partial charge in [-0.3, -0.25) is 4.79 Å². The molecule has 0 bridgehead atoms. The van der Waals surface area contributed by atoms with Crippen LogP contribution < -0.4 is 0 Å². The second-order valence-electron chi connectivity index (χ2n) is 1.81. The van der Waals surface area contributed by atoms with E-state index in [1.165, 1.54) is 0 Å². The van der Waals surface area contributed by atoms with Crippen molar-refractivity contribution >= 4 is 26.4 Å². The van der Waals surface area contributed by atoms with E-state index < -0.39 is 5.60 Å². The molecule has 0 aromatic carbocycles. The second-order valence-corrected chi connectivity index (χ2v) is 2.79. The summed E-state index contributed by atoms with van der Waals surface area (Å²) < 4.78 is -0.120. The van der Waals surface area contributed by atoms with Gasteiger partial charge in [-0.1, -0.05) is 0 Å². The van der Waals surface area contributed by atoms with Gasteiger partial charge in [0.1, 0.15) is 5.60 Å². The molecule has 1 N–H and O–H groups in total. The van der Waals surface area contributed by atoms with Crippen molar-refractivity contribution in [2.75, 3.05) is 0 Å². The number of hydrogen-bond donors (Lipinski definition) is 1. The molecule has 1 rings (SSSR count). The van der Waals surface area contributed by atoms with Gasteiger partial charge in [-0.25, -0.2) is 0 Å². The number of halogens is 1. The average molecular weight is 212 g/mol. The number of rotatable bonds is 1. The smallest absolute Gasteiger partial charge is 0.223 e. The van der Waals surface area contributed by atoms with E-state index in [2.05, 4.69) is 0 Å². The van der Waals surface area contributed by atoms with Crippen LogP contribution in [0.1, 0.15) is 12.8 Å². The highest BCUT2D eigenvalue weighted by Gasteiger charge is 2.46. The summed E-state index contributed by atoms with van der Waals surface area (Å²) in [5.74, 6) is 0. The molecular formula is C4H5IO2. The molecule has 3 heteroatoms. The Morgan fingerprint density at radius 1 is 1.71 bits per heavy atom. The molecule has 7 heavy (non-hydrogen) atoms. The topological polar surface area (TPSA) is 37.3 Å². The minimum Gasteiger partial charge on any atom is -0.381 e. The number of aliphatic hydroxyl groups is 1. The largest absolute Gasteiger partial charge is 0.381 e. The van der Waals surface area contributed by atoms with Crippen molar-refractivity contribution in [1.29, 1.82) is 0 Å². The monoisotopic (exact) mass is 212 g/mol. The average Bonchev–Trinajstić information content (AvgIpc) is 2.21. The van der Waals surface area contributed by atoms with Crippen LogP contribution in [0.25, 0.3) is 0 Å². The molecular weight excluding hydrogens is 207 g/mol. The van der Waals surface area contributed by atoms with Crippen molar-refractivity contribution < 1.29 is 9.90 Å². The van der Waals surface area contributed by atoms with Crippen molar-refractivity contribution in [3.05, 3.63) is 0 Å². The first kappa shape index (κ1) is 5.50. The van der Waals surface area contributed by atoms with Crippen LogP contribution in [-0.2, 0) is 4.79 Å². The number of carbonyl (C=O) groups excluding carboxylic acids is 1. The van der Waals surface area contributed by atoms with Gasteiger partial charge in [-0.2, -0.15) is 0 Å². The van der Waals surface area contributed by atoms with Crippen LogP contribution >= 0.6 is 22.6 Å². The van der Waals surface area contributed by atoms with Gasteiger partial charge >= 0.3 is 0 Å². The molecule has 0 heterocycles. The normalized spacial score (nSPS) is 24.3. The van der Waals surface area contributed by atoms with Crippen LogP contribution in [0, 0.1) is 0 Å². The van der Waals surface area contributed by atoms with Gasteiger partial charge in [-0.15, -0.1) is 0 Å². The minimum absolute atomic E-state index is 0.120. The van der Waals surface area contributed by atoms with Crippen molar-refractivity contribution in [2.45, 2.75) is 18.4 Å². The fourth-order valence-electron chi connectivity index (χ4n) is 0.315. The highest BCUT2D eigenvalue weighted by atomic mass is 127. The fourth-order valence-corrected chi connectivity index (χ4v) is 0.854. The van der Waals surface area contributed by atoms with Crippen molar-refractivity contribution in [3.63, 3.8) is 0 Å². The molecule has 0 spiro atoms. The van der Waals surface area contributed by atoms with Crippen LogP contribution in [0.2, 0.25) is 0 Å². The zero-order valence-corrected chi connectivity index (χ0v) is 5.81. The van der Waals surface area contributed by atoms with Crippen molar-refractivity contribution in [3.8, 4) is 0 Å². The predicted octanol–water partition coefficient (Wildman–Crippen LogP) is 0.473. The maximum atomic E-state index is 10.3. The first-order chi connectivity index (χ1) is 3.15. The number of hydrogen-bond acceptors (Lipinski definition) is 2. The van der Waals surface area contributed by atoms with Crippen molar-refractivity contribution in [2.24, 2.45) is 0 Å². The Morgan fingerprint density at radius 2 is 2.14 bits per heavy atom. The Balaban J connectivity index is 2.55. The molecule has 1 saturated carbocycles. The lowest BCUT2D eigenvalue weighted by Crippen LogP contribution is -2.14. The SMILES string of the molecule is O=C(I)C1(O)CC1. The third kappa shape index (κ3) is 0.937. The molecule has 0 atom stereocenters. The van der Waals surface area contributed by atoms with Crippen LogP contribution in [0.4, 0.5) is 0 Å². The highest BCUT2D eigenvalue weighted by Crippen LogP contribution is 2.37. The van der Waals surface area contributed by atoms with Crippen LogP contribution in [-0.4, -0.2) is 14.5 Å². The maximum absolute atomic E-state index is 10.3. The van der Waals surface area contributed by atoms with Crippen LogP contribution in [0.5, 0.6) is 0 Å². The molecule has 0 radical (unpaired) electrons. The molecule has 1 aliphatic carbocycles. The Hall–Kier alpha value is 0.360. The molecule has 0 unspecified atom stereocenters. The van der Waals surface area contributed by atoms with E-state index in [0.29, 0.717) is 12.8 Å². The third-order valence-electron chi connectivity index (χ3n) is 1.09. The van der Waals surface area contributed by atoms with Gasteiger partial charge in [-0.05, 0) is 12.8 Å². The van der Waals surface area contributed by atoms with Crippen LogP contribution in [0.3, 0.4) is 0 Å². The van der Waals surface area contributed by atoms with E-state index in [9.17, 15) is 4.79 Å². The Morgan fingerprint density at radius 3 is 2.14 bits per heavy atom. The Labute approximate surface area is 55.0 Å². The summed E-state index contributed by atoms with van der Waals surface area (Å²) in [6.45, 7) is 0. The first-order valence-electron chi connectivity index (χ1n) is 2.07. The third-order valence-corrected chi connectivity index (χ3v) is 2.09. The van der Waals surface area contributed by atoms with E-state index in [1.807, 2.05) is 0 Å². The summed E-state index contributed by atoms with van der Waals surface area (Å²) in [4.78, 5) is 10.3. The van der Waals surface area contributed by atoms with E-state index in [1.54, 1.807) is 22.6 Å². The summed E-state index contributed by atoms with van der Waals surface area (Å²) in [6.07, 6.45) is 1.32. The van der Waals surface area contributed by atoms with Crippen molar-refractivity contribution in [1.82, 2.24) is 0 Å². The van der Waals surface area contributed by atoms with E-state index >= 15 is 0 Å². The minimum atomic E-state index is -0.902. The molecule has 0 aromatic heterocycles. The molecule has 40 valence electrons. The predicted molar refractivity (Wildman–Crippen MR) is 33.2 cm³/mol. The standard InChI is InChI=1S/C4H5IO2/c5-3(6)4(7)1-2-4/h7H,1-2H2. The zero-order chi connectivity index (χ0) is 5.49. The van der Waals surface area contributed by atoms with E-state index in [0.717, 1.165) is 0 Å². The first-order valence-corrected chi connectivity index (χ1v) is 3.15. The lowest BCUT2D eigenvalue weighted by Gasteiger charge is -1.94. The van der Waals surface area contributed by atoms with E-state index in [-0.39, 0.29) is 3.79 Å².